The number of hydrogen-bond acceptors (Lipinski definition) is 4. The van der Waals surface area contributed by atoms with Crippen molar-refractivity contribution in [1.82, 2.24) is 5.48 Å². The van der Waals surface area contributed by atoms with E-state index in [9.17, 15) is 4.79 Å². The van der Waals surface area contributed by atoms with Crippen molar-refractivity contribution in [1.29, 1.82) is 0 Å². The second-order valence-corrected chi connectivity index (χ2v) is 2.15. The van der Waals surface area contributed by atoms with Gasteiger partial charge in [0.15, 0.2) is 0 Å². The van der Waals surface area contributed by atoms with E-state index in [0.717, 1.165) is 6.42 Å². The fourth-order valence-corrected chi connectivity index (χ4v) is 0.500. The van der Waals surface area contributed by atoms with Crippen LogP contribution in [0.25, 0.3) is 0 Å². The average Bonchev–Trinajstić information content (AvgIpc) is 2.05. The Labute approximate surface area is 72.5 Å². The summed E-state index contributed by atoms with van der Waals surface area (Å²) >= 11 is 0. The van der Waals surface area contributed by atoms with Gasteiger partial charge < -0.3 is 4.74 Å². The predicted molar refractivity (Wildman–Crippen MR) is 45.2 cm³/mol. The van der Waals surface area contributed by atoms with Crippen molar-refractivity contribution in [3.63, 3.8) is 0 Å². The number of nitrogens with one attached hydrogen (secondary N) is 1. The van der Waals surface area contributed by atoms with Crippen molar-refractivity contribution in [3.05, 3.63) is 12.3 Å². The third kappa shape index (κ3) is 4.73. The fraction of sp³-hybridized carbons (Fsp3) is 0.625. The Bertz CT molecular complexity index is 156. The average molecular weight is 173 g/mol. The van der Waals surface area contributed by atoms with Gasteiger partial charge in [-0.3, -0.25) is 10.3 Å². The topological polar surface area (TPSA) is 47.6 Å². The third-order valence-corrected chi connectivity index (χ3v) is 1.02. The van der Waals surface area contributed by atoms with Crippen LogP contribution in [0.15, 0.2) is 12.3 Å². The number of rotatable bonds is 6. The van der Waals surface area contributed by atoms with Crippen molar-refractivity contribution >= 4 is 5.97 Å². The van der Waals surface area contributed by atoms with Crippen molar-refractivity contribution in [2.75, 3.05) is 13.2 Å². The molecule has 0 bridgehead atoms. The van der Waals surface area contributed by atoms with Crippen LogP contribution in [0.5, 0.6) is 0 Å². The first-order valence-electron chi connectivity index (χ1n) is 3.96. The van der Waals surface area contributed by atoms with Crippen LogP contribution in [-0.2, 0) is 14.4 Å². The van der Waals surface area contributed by atoms with E-state index in [1.54, 1.807) is 6.92 Å². The summed E-state index contributed by atoms with van der Waals surface area (Å²) in [4.78, 5) is 15.7. The van der Waals surface area contributed by atoms with Crippen LogP contribution < -0.4 is 5.48 Å². The Morgan fingerprint density at radius 1 is 1.50 bits per heavy atom. The SMILES string of the molecule is C=C(NOCCC)C(=O)OCC. The summed E-state index contributed by atoms with van der Waals surface area (Å²) in [6, 6.07) is 0. The molecule has 0 amide bonds. The number of carbonyl (C=O) groups is 1. The summed E-state index contributed by atoms with van der Waals surface area (Å²) in [7, 11) is 0. The Morgan fingerprint density at radius 3 is 2.67 bits per heavy atom. The minimum atomic E-state index is -0.478. The van der Waals surface area contributed by atoms with Crippen LogP contribution in [0.4, 0.5) is 0 Å². The van der Waals surface area contributed by atoms with Gasteiger partial charge in [-0.1, -0.05) is 13.5 Å². The third-order valence-electron chi connectivity index (χ3n) is 1.02. The molecule has 0 heterocycles. The molecule has 0 unspecified atom stereocenters. The molecule has 0 rings (SSSR count). The van der Waals surface area contributed by atoms with Gasteiger partial charge in [0.05, 0.1) is 13.2 Å². The summed E-state index contributed by atoms with van der Waals surface area (Å²) in [6.07, 6.45) is 0.878. The van der Waals surface area contributed by atoms with Gasteiger partial charge in [0.25, 0.3) is 0 Å². The molecule has 1 N–H and O–H groups in total. The minimum Gasteiger partial charge on any atom is -0.461 e. The zero-order chi connectivity index (χ0) is 9.40. The molecule has 12 heavy (non-hydrogen) atoms. The second kappa shape index (κ2) is 6.67. The van der Waals surface area contributed by atoms with Crippen LogP contribution in [0, 0.1) is 0 Å². The number of hydroxylamine groups is 1. The maximum absolute atomic E-state index is 10.9. The number of esters is 1. The lowest BCUT2D eigenvalue weighted by atomic mass is 10.5. The maximum atomic E-state index is 10.9. The molecule has 0 aromatic carbocycles. The lowest BCUT2D eigenvalue weighted by Crippen LogP contribution is -2.22. The van der Waals surface area contributed by atoms with Gasteiger partial charge in [0.1, 0.15) is 5.70 Å². The van der Waals surface area contributed by atoms with Crippen LogP contribution in [0.3, 0.4) is 0 Å². The minimum absolute atomic E-state index is 0.130. The highest BCUT2D eigenvalue weighted by molar-refractivity contribution is 5.86. The molecular formula is C8H15NO3. The fourth-order valence-electron chi connectivity index (χ4n) is 0.500. The van der Waals surface area contributed by atoms with Crippen molar-refractivity contribution < 1.29 is 14.4 Å². The molecule has 0 aromatic rings. The first-order chi connectivity index (χ1) is 5.72. The van der Waals surface area contributed by atoms with Crippen molar-refractivity contribution in [3.8, 4) is 0 Å². The van der Waals surface area contributed by atoms with Crippen LogP contribution in [-0.4, -0.2) is 19.2 Å². The monoisotopic (exact) mass is 173 g/mol. The molecule has 4 heteroatoms. The molecule has 0 spiro atoms. The molecule has 0 aliphatic heterocycles. The van der Waals surface area contributed by atoms with E-state index >= 15 is 0 Å². The highest BCUT2D eigenvalue weighted by Gasteiger charge is 2.05. The van der Waals surface area contributed by atoms with E-state index in [2.05, 4.69) is 16.8 Å². The largest absolute Gasteiger partial charge is 0.461 e. The van der Waals surface area contributed by atoms with E-state index in [-0.39, 0.29) is 5.70 Å². The van der Waals surface area contributed by atoms with E-state index in [1.165, 1.54) is 0 Å². The molecule has 0 aromatic heterocycles. The zero-order valence-electron chi connectivity index (χ0n) is 7.55. The van der Waals surface area contributed by atoms with Crippen LogP contribution in [0.1, 0.15) is 20.3 Å². The first-order valence-corrected chi connectivity index (χ1v) is 3.96. The second-order valence-electron chi connectivity index (χ2n) is 2.15. The summed E-state index contributed by atoms with van der Waals surface area (Å²) in [5.41, 5.74) is 2.53. The molecular weight excluding hydrogens is 158 g/mol. The molecule has 0 aliphatic rings. The van der Waals surface area contributed by atoms with Gasteiger partial charge in [-0.15, -0.1) is 0 Å². The maximum Gasteiger partial charge on any atom is 0.356 e. The van der Waals surface area contributed by atoms with Gasteiger partial charge >= 0.3 is 5.97 Å². The smallest absolute Gasteiger partial charge is 0.356 e. The number of hydrogen-bond donors (Lipinski definition) is 1. The Morgan fingerprint density at radius 2 is 2.17 bits per heavy atom. The molecule has 0 fully saturated rings. The molecule has 0 aliphatic carbocycles. The number of carbonyl (C=O) groups excluding carboxylic acids is 1. The quantitative estimate of drug-likeness (QED) is 0.282. The van der Waals surface area contributed by atoms with Crippen molar-refractivity contribution in [2.45, 2.75) is 20.3 Å². The lowest BCUT2D eigenvalue weighted by molar-refractivity contribution is -0.140. The highest BCUT2D eigenvalue weighted by atomic mass is 16.6. The molecule has 0 radical (unpaired) electrons. The normalized spacial score (nSPS) is 9.17. The summed E-state index contributed by atoms with van der Waals surface area (Å²) in [5.74, 6) is -0.478. The van der Waals surface area contributed by atoms with Gasteiger partial charge in [0, 0.05) is 0 Å². The van der Waals surface area contributed by atoms with E-state index in [0.29, 0.717) is 13.2 Å². The van der Waals surface area contributed by atoms with Gasteiger partial charge in [0.2, 0.25) is 0 Å². The van der Waals surface area contributed by atoms with Crippen molar-refractivity contribution in [2.24, 2.45) is 0 Å². The van der Waals surface area contributed by atoms with Gasteiger partial charge in [-0.2, -0.15) is 0 Å². The van der Waals surface area contributed by atoms with E-state index in [4.69, 9.17) is 4.84 Å². The standard InChI is InChI=1S/C8H15NO3/c1-4-6-12-9-7(3)8(10)11-5-2/h9H,3-6H2,1-2H3. The Kier molecular flexibility index (Phi) is 6.09. The molecule has 0 saturated carbocycles. The van der Waals surface area contributed by atoms with Crippen LogP contribution >= 0.6 is 0 Å². The highest BCUT2D eigenvalue weighted by Crippen LogP contribution is 1.90. The molecule has 0 atom stereocenters. The summed E-state index contributed by atoms with van der Waals surface area (Å²) < 4.78 is 4.65. The van der Waals surface area contributed by atoms with Crippen LogP contribution in [0.2, 0.25) is 0 Å². The number of ether oxygens (including phenoxy) is 1. The molecule has 70 valence electrons. The molecule has 0 saturated heterocycles. The summed E-state index contributed by atoms with van der Waals surface area (Å²) in [6.45, 7) is 8.02. The Balaban J connectivity index is 3.50. The van der Waals surface area contributed by atoms with E-state index < -0.39 is 5.97 Å². The Hall–Kier alpha value is -1.03. The van der Waals surface area contributed by atoms with Gasteiger partial charge in [-0.05, 0) is 13.3 Å². The predicted octanol–water partition coefficient (Wildman–Crippen LogP) is 0.994. The summed E-state index contributed by atoms with van der Waals surface area (Å²) in [5, 5.41) is 0. The lowest BCUT2D eigenvalue weighted by Gasteiger charge is -2.07. The van der Waals surface area contributed by atoms with E-state index in [1.807, 2.05) is 6.92 Å². The zero-order valence-corrected chi connectivity index (χ0v) is 7.55. The van der Waals surface area contributed by atoms with Gasteiger partial charge in [-0.25, -0.2) is 4.79 Å². The first kappa shape index (κ1) is 11.0. The molecule has 4 nitrogen and oxygen atoms in total.